The van der Waals surface area contributed by atoms with Gasteiger partial charge in [0.1, 0.15) is 0 Å². The van der Waals surface area contributed by atoms with Crippen molar-refractivity contribution in [2.24, 2.45) is 10.7 Å². The molecule has 0 atom stereocenters. The van der Waals surface area contributed by atoms with Crippen LogP contribution in [-0.2, 0) is 0 Å². The van der Waals surface area contributed by atoms with Crippen molar-refractivity contribution in [2.75, 3.05) is 26.2 Å². The van der Waals surface area contributed by atoms with E-state index in [-0.39, 0.29) is 11.1 Å². The van der Waals surface area contributed by atoms with Crippen LogP contribution in [0.1, 0.15) is 41.5 Å². The van der Waals surface area contributed by atoms with E-state index in [0.29, 0.717) is 5.96 Å². The lowest BCUT2D eigenvalue weighted by atomic mass is 10.1. The van der Waals surface area contributed by atoms with Gasteiger partial charge in [0.2, 0.25) is 0 Å². The molecule has 1 saturated heterocycles. The van der Waals surface area contributed by atoms with Crippen molar-refractivity contribution in [3.8, 4) is 0 Å². The highest BCUT2D eigenvalue weighted by Gasteiger charge is 2.26. The second-order valence-electron chi connectivity index (χ2n) is 6.79. The molecule has 2 N–H and O–H groups in total. The maximum atomic E-state index is 6.05. The Kier molecular flexibility index (Phi) is 4.07. The number of piperazine rings is 1. The smallest absolute Gasteiger partial charge is 0.191 e. The van der Waals surface area contributed by atoms with Crippen LogP contribution in [0.4, 0.5) is 0 Å². The van der Waals surface area contributed by atoms with Crippen molar-refractivity contribution in [3.05, 3.63) is 0 Å². The quantitative estimate of drug-likeness (QED) is 0.516. The first-order valence-electron chi connectivity index (χ1n) is 6.45. The molecule has 0 spiro atoms. The van der Waals surface area contributed by atoms with Crippen LogP contribution < -0.4 is 5.73 Å². The van der Waals surface area contributed by atoms with Crippen LogP contribution in [0, 0.1) is 0 Å². The van der Waals surface area contributed by atoms with Crippen LogP contribution in [0.25, 0.3) is 0 Å². The van der Waals surface area contributed by atoms with Crippen molar-refractivity contribution < 1.29 is 0 Å². The predicted molar refractivity (Wildman–Crippen MR) is 74.3 cm³/mol. The SMILES string of the molecule is CC(C)(C)N=C(N)N1CCN(C(C)(C)C)CC1. The number of nitrogens with zero attached hydrogens (tertiary/aromatic N) is 3. The lowest BCUT2D eigenvalue weighted by molar-refractivity contribution is 0.0876. The summed E-state index contributed by atoms with van der Waals surface area (Å²) in [5, 5.41) is 0. The molecule has 1 heterocycles. The molecular formula is C13H28N4. The molecule has 0 aromatic rings. The summed E-state index contributed by atoms with van der Waals surface area (Å²) in [5.41, 5.74) is 6.21. The molecule has 0 radical (unpaired) electrons. The standard InChI is InChI=1S/C13H28N4/c1-12(2,3)15-11(14)16-7-9-17(10-8-16)13(4,5)6/h7-10H2,1-6H3,(H2,14,15). The molecule has 1 aliphatic rings. The molecule has 0 aliphatic carbocycles. The molecule has 0 aromatic carbocycles. The third-order valence-corrected chi connectivity index (χ3v) is 3.00. The summed E-state index contributed by atoms with van der Waals surface area (Å²) in [5.74, 6) is 0.686. The van der Waals surface area contributed by atoms with Crippen molar-refractivity contribution in [3.63, 3.8) is 0 Å². The molecule has 0 bridgehead atoms. The highest BCUT2D eigenvalue weighted by molar-refractivity contribution is 5.78. The van der Waals surface area contributed by atoms with Gasteiger partial charge in [-0.3, -0.25) is 4.90 Å². The average Bonchev–Trinajstić information content (AvgIpc) is 2.14. The maximum absolute atomic E-state index is 6.05. The van der Waals surface area contributed by atoms with E-state index in [4.69, 9.17) is 5.73 Å². The maximum Gasteiger partial charge on any atom is 0.191 e. The van der Waals surface area contributed by atoms with Gasteiger partial charge in [0.05, 0.1) is 5.54 Å². The first-order chi connectivity index (χ1) is 7.59. The molecule has 4 nitrogen and oxygen atoms in total. The fourth-order valence-electron chi connectivity index (χ4n) is 2.02. The topological polar surface area (TPSA) is 44.9 Å². The summed E-state index contributed by atoms with van der Waals surface area (Å²) in [6, 6.07) is 0. The summed E-state index contributed by atoms with van der Waals surface area (Å²) >= 11 is 0. The fraction of sp³-hybridized carbons (Fsp3) is 0.923. The Labute approximate surface area is 106 Å². The zero-order valence-electron chi connectivity index (χ0n) is 12.2. The van der Waals surface area contributed by atoms with Gasteiger partial charge < -0.3 is 10.6 Å². The molecule has 0 amide bonds. The third kappa shape index (κ3) is 4.54. The van der Waals surface area contributed by atoms with Gasteiger partial charge in [0.15, 0.2) is 5.96 Å². The summed E-state index contributed by atoms with van der Waals surface area (Å²) < 4.78 is 0. The van der Waals surface area contributed by atoms with Gasteiger partial charge in [-0.1, -0.05) is 0 Å². The fourth-order valence-corrected chi connectivity index (χ4v) is 2.02. The molecular weight excluding hydrogens is 212 g/mol. The molecule has 0 unspecified atom stereocenters. The largest absolute Gasteiger partial charge is 0.370 e. The van der Waals surface area contributed by atoms with E-state index in [1.54, 1.807) is 0 Å². The first kappa shape index (κ1) is 14.3. The second-order valence-corrected chi connectivity index (χ2v) is 6.79. The lowest BCUT2D eigenvalue weighted by Crippen LogP contribution is -2.56. The van der Waals surface area contributed by atoms with Crippen molar-refractivity contribution in [2.45, 2.75) is 52.6 Å². The van der Waals surface area contributed by atoms with Gasteiger partial charge in [-0.05, 0) is 41.5 Å². The minimum atomic E-state index is -0.0920. The second kappa shape index (κ2) is 4.84. The Morgan fingerprint density at radius 2 is 1.41 bits per heavy atom. The molecule has 0 saturated carbocycles. The van der Waals surface area contributed by atoms with E-state index in [1.165, 1.54) is 0 Å². The summed E-state index contributed by atoms with van der Waals surface area (Å²) in [4.78, 5) is 9.20. The van der Waals surface area contributed by atoms with E-state index in [9.17, 15) is 0 Å². The van der Waals surface area contributed by atoms with Crippen LogP contribution in [0.2, 0.25) is 0 Å². The molecule has 17 heavy (non-hydrogen) atoms. The van der Waals surface area contributed by atoms with E-state index in [2.05, 4.69) is 56.3 Å². The van der Waals surface area contributed by atoms with Gasteiger partial charge in [-0.2, -0.15) is 0 Å². The van der Waals surface area contributed by atoms with Gasteiger partial charge in [-0.25, -0.2) is 4.99 Å². The minimum absolute atomic E-state index is 0.0920. The normalized spacial score (nSPS) is 20.8. The highest BCUT2D eigenvalue weighted by atomic mass is 15.3. The molecule has 100 valence electrons. The summed E-state index contributed by atoms with van der Waals surface area (Å²) in [6.07, 6.45) is 0. The number of hydrogen-bond acceptors (Lipinski definition) is 2. The zero-order valence-corrected chi connectivity index (χ0v) is 12.2. The Hall–Kier alpha value is -0.770. The van der Waals surface area contributed by atoms with E-state index in [1.807, 2.05) is 0 Å². The predicted octanol–water partition coefficient (Wildman–Crippen LogP) is 1.52. The Bertz CT molecular complexity index is 275. The Morgan fingerprint density at radius 1 is 0.941 bits per heavy atom. The van der Waals surface area contributed by atoms with Crippen LogP contribution in [0.5, 0.6) is 0 Å². The number of rotatable bonds is 0. The average molecular weight is 240 g/mol. The molecule has 1 rings (SSSR count). The molecule has 4 heteroatoms. The van der Waals surface area contributed by atoms with Crippen LogP contribution in [0.15, 0.2) is 4.99 Å². The van der Waals surface area contributed by atoms with Crippen molar-refractivity contribution >= 4 is 5.96 Å². The van der Waals surface area contributed by atoms with Gasteiger partial charge >= 0.3 is 0 Å². The molecule has 1 aliphatic heterocycles. The monoisotopic (exact) mass is 240 g/mol. The summed E-state index contributed by atoms with van der Waals surface area (Å²) in [6.45, 7) is 17.1. The summed E-state index contributed by atoms with van der Waals surface area (Å²) in [7, 11) is 0. The minimum Gasteiger partial charge on any atom is -0.370 e. The van der Waals surface area contributed by atoms with Crippen LogP contribution in [-0.4, -0.2) is 53.0 Å². The number of hydrogen-bond donors (Lipinski definition) is 1. The van der Waals surface area contributed by atoms with Gasteiger partial charge in [-0.15, -0.1) is 0 Å². The van der Waals surface area contributed by atoms with Crippen molar-refractivity contribution in [1.82, 2.24) is 9.80 Å². The molecule has 1 fully saturated rings. The highest BCUT2D eigenvalue weighted by Crippen LogP contribution is 2.16. The first-order valence-corrected chi connectivity index (χ1v) is 6.45. The Morgan fingerprint density at radius 3 is 1.76 bits per heavy atom. The zero-order chi connectivity index (χ0) is 13.3. The lowest BCUT2D eigenvalue weighted by Gasteiger charge is -2.42. The third-order valence-electron chi connectivity index (χ3n) is 3.00. The number of guanidine groups is 1. The van der Waals surface area contributed by atoms with Crippen molar-refractivity contribution in [1.29, 1.82) is 0 Å². The number of nitrogens with two attached hydrogens (primary N) is 1. The van der Waals surface area contributed by atoms with E-state index >= 15 is 0 Å². The van der Waals surface area contributed by atoms with E-state index in [0.717, 1.165) is 26.2 Å². The van der Waals surface area contributed by atoms with Gasteiger partial charge in [0, 0.05) is 31.7 Å². The van der Waals surface area contributed by atoms with Gasteiger partial charge in [0.25, 0.3) is 0 Å². The Balaban J connectivity index is 2.56. The van der Waals surface area contributed by atoms with Crippen LogP contribution in [0.3, 0.4) is 0 Å². The van der Waals surface area contributed by atoms with E-state index < -0.39 is 0 Å². The molecule has 0 aromatic heterocycles. The number of aliphatic imine (C=N–C) groups is 1. The van der Waals surface area contributed by atoms with Crippen LogP contribution >= 0.6 is 0 Å².